The van der Waals surface area contributed by atoms with Crippen molar-refractivity contribution in [3.8, 4) is 0 Å². The average molecular weight is 301 g/mol. The second kappa shape index (κ2) is 5.95. The zero-order valence-electron chi connectivity index (χ0n) is 12.3. The van der Waals surface area contributed by atoms with Crippen LogP contribution >= 0.6 is 11.3 Å². The number of carbonyl (C=O) groups is 1. The highest BCUT2D eigenvalue weighted by Crippen LogP contribution is 2.25. The number of amides is 1. The summed E-state index contributed by atoms with van der Waals surface area (Å²) in [6, 6.07) is 6.20. The molecule has 1 aliphatic rings. The first kappa shape index (κ1) is 14.2. The van der Waals surface area contributed by atoms with Gasteiger partial charge in [0.15, 0.2) is 5.13 Å². The van der Waals surface area contributed by atoms with Crippen LogP contribution in [0.5, 0.6) is 0 Å². The number of nitrogens with zero attached hydrogens (tertiary/aromatic N) is 1. The molecule has 0 aliphatic carbocycles. The van der Waals surface area contributed by atoms with Crippen LogP contribution in [-0.4, -0.2) is 17.4 Å². The van der Waals surface area contributed by atoms with Gasteiger partial charge >= 0.3 is 0 Å². The number of carbonyl (C=O) groups excluding carboxylic acids is 1. The molecule has 0 atom stereocenters. The Hall–Kier alpha value is -1.72. The lowest BCUT2D eigenvalue weighted by Crippen LogP contribution is -2.22. The SMILES string of the molecule is Cc1ccc(C)c(CC(=O)Nc2nc3c(s2)CNCC3)c1. The fourth-order valence-electron chi connectivity index (χ4n) is 2.51. The van der Waals surface area contributed by atoms with E-state index < -0.39 is 0 Å². The van der Waals surface area contributed by atoms with E-state index in [0.29, 0.717) is 6.42 Å². The summed E-state index contributed by atoms with van der Waals surface area (Å²) >= 11 is 1.58. The van der Waals surface area contributed by atoms with Crippen LogP contribution in [0.3, 0.4) is 0 Å². The van der Waals surface area contributed by atoms with E-state index in [2.05, 4.69) is 33.8 Å². The first-order valence-electron chi connectivity index (χ1n) is 7.17. The number of nitrogens with one attached hydrogen (secondary N) is 2. The Morgan fingerprint density at radius 3 is 3.10 bits per heavy atom. The summed E-state index contributed by atoms with van der Waals surface area (Å²) in [5.74, 6) is 0.00255. The molecular formula is C16H19N3OS. The molecule has 3 rings (SSSR count). The maximum absolute atomic E-state index is 12.2. The standard InChI is InChI=1S/C16H19N3OS/c1-10-3-4-11(2)12(7-10)8-15(20)19-16-18-13-5-6-17-9-14(13)21-16/h3-4,7,17H,5-6,8-9H2,1-2H3,(H,18,19,20). The van der Waals surface area contributed by atoms with Gasteiger partial charge < -0.3 is 10.6 Å². The second-order valence-corrected chi connectivity index (χ2v) is 6.55. The van der Waals surface area contributed by atoms with Gasteiger partial charge in [0.2, 0.25) is 5.91 Å². The second-order valence-electron chi connectivity index (χ2n) is 5.47. The normalized spacial score (nSPS) is 13.8. The van der Waals surface area contributed by atoms with Crippen molar-refractivity contribution in [2.75, 3.05) is 11.9 Å². The van der Waals surface area contributed by atoms with Gasteiger partial charge in [0.25, 0.3) is 0 Å². The molecular weight excluding hydrogens is 282 g/mol. The lowest BCUT2D eigenvalue weighted by molar-refractivity contribution is -0.115. The lowest BCUT2D eigenvalue weighted by Gasteiger charge is -2.09. The van der Waals surface area contributed by atoms with E-state index in [-0.39, 0.29) is 5.91 Å². The summed E-state index contributed by atoms with van der Waals surface area (Å²) in [7, 11) is 0. The smallest absolute Gasteiger partial charge is 0.230 e. The Morgan fingerprint density at radius 2 is 2.29 bits per heavy atom. The molecule has 0 saturated heterocycles. The lowest BCUT2D eigenvalue weighted by atomic mass is 10.0. The molecule has 4 nitrogen and oxygen atoms in total. The Labute approximate surface area is 128 Å². The number of fused-ring (bicyclic) bond motifs is 1. The third-order valence-corrected chi connectivity index (χ3v) is 4.72. The number of rotatable bonds is 3. The third-order valence-electron chi connectivity index (χ3n) is 3.70. The van der Waals surface area contributed by atoms with Crippen molar-refractivity contribution >= 4 is 22.4 Å². The molecule has 0 fully saturated rings. The molecule has 2 aromatic rings. The van der Waals surface area contributed by atoms with Crippen LogP contribution in [0.1, 0.15) is 27.3 Å². The van der Waals surface area contributed by atoms with E-state index in [1.807, 2.05) is 13.8 Å². The maximum atomic E-state index is 12.2. The van der Waals surface area contributed by atoms with Crippen molar-refractivity contribution in [2.45, 2.75) is 33.2 Å². The first-order chi connectivity index (χ1) is 10.1. The highest BCUT2D eigenvalue weighted by Gasteiger charge is 2.16. The van der Waals surface area contributed by atoms with Crippen LogP contribution in [0.4, 0.5) is 5.13 Å². The number of hydrogen-bond donors (Lipinski definition) is 2. The maximum Gasteiger partial charge on any atom is 0.230 e. The summed E-state index contributed by atoms with van der Waals surface area (Å²) in [4.78, 5) is 18.0. The van der Waals surface area contributed by atoms with Crippen LogP contribution in [0, 0.1) is 13.8 Å². The van der Waals surface area contributed by atoms with E-state index >= 15 is 0 Å². The van der Waals surface area contributed by atoms with Crippen molar-refractivity contribution in [3.63, 3.8) is 0 Å². The van der Waals surface area contributed by atoms with Crippen LogP contribution < -0.4 is 10.6 Å². The summed E-state index contributed by atoms with van der Waals surface area (Å²) in [6.07, 6.45) is 1.34. The number of anilines is 1. The number of hydrogen-bond acceptors (Lipinski definition) is 4. The predicted molar refractivity (Wildman–Crippen MR) is 85.8 cm³/mol. The molecule has 110 valence electrons. The number of benzene rings is 1. The topological polar surface area (TPSA) is 54.0 Å². The fraction of sp³-hybridized carbons (Fsp3) is 0.375. The van der Waals surface area contributed by atoms with Crippen LogP contribution in [-0.2, 0) is 24.2 Å². The number of aromatic nitrogens is 1. The molecule has 2 N–H and O–H groups in total. The van der Waals surface area contributed by atoms with Crippen molar-refractivity contribution < 1.29 is 4.79 Å². The molecule has 1 amide bonds. The Balaban J connectivity index is 1.69. The molecule has 0 bridgehead atoms. The summed E-state index contributed by atoms with van der Waals surface area (Å²) < 4.78 is 0. The third kappa shape index (κ3) is 3.31. The van der Waals surface area contributed by atoms with Crippen LogP contribution in [0.15, 0.2) is 18.2 Å². The van der Waals surface area contributed by atoms with Crippen molar-refractivity contribution in [1.82, 2.24) is 10.3 Å². The van der Waals surface area contributed by atoms with Crippen molar-refractivity contribution in [3.05, 3.63) is 45.5 Å². The van der Waals surface area contributed by atoms with Crippen LogP contribution in [0.25, 0.3) is 0 Å². The van der Waals surface area contributed by atoms with Gasteiger partial charge in [0.05, 0.1) is 12.1 Å². The monoisotopic (exact) mass is 301 g/mol. The number of thiazole rings is 1. The van der Waals surface area contributed by atoms with Gasteiger partial charge in [-0.25, -0.2) is 4.98 Å². The van der Waals surface area contributed by atoms with Gasteiger partial charge in [-0.1, -0.05) is 23.8 Å². The van der Waals surface area contributed by atoms with Crippen molar-refractivity contribution in [1.29, 1.82) is 0 Å². The molecule has 1 aromatic carbocycles. The minimum Gasteiger partial charge on any atom is -0.311 e. The Kier molecular flexibility index (Phi) is 4.03. The largest absolute Gasteiger partial charge is 0.311 e. The quantitative estimate of drug-likeness (QED) is 0.916. The Morgan fingerprint density at radius 1 is 1.43 bits per heavy atom. The molecule has 0 radical (unpaired) electrons. The fourth-order valence-corrected chi connectivity index (χ4v) is 3.50. The Bertz CT molecular complexity index is 655. The van der Waals surface area contributed by atoms with Gasteiger partial charge in [-0.3, -0.25) is 4.79 Å². The predicted octanol–water partition coefficient (Wildman–Crippen LogP) is 2.59. The molecule has 1 aliphatic heterocycles. The summed E-state index contributed by atoms with van der Waals surface area (Å²) in [5.41, 5.74) is 4.54. The molecule has 2 heterocycles. The van der Waals surface area contributed by atoms with E-state index in [0.717, 1.165) is 41.5 Å². The van der Waals surface area contributed by atoms with Gasteiger partial charge in [0, 0.05) is 24.4 Å². The highest BCUT2D eigenvalue weighted by molar-refractivity contribution is 7.15. The van der Waals surface area contributed by atoms with Gasteiger partial charge in [0.1, 0.15) is 0 Å². The van der Waals surface area contributed by atoms with Crippen molar-refractivity contribution in [2.24, 2.45) is 0 Å². The summed E-state index contributed by atoms with van der Waals surface area (Å²) in [6.45, 7) is 5.91. The average Bonchev–Trinajstić information content (AvgIpc) is 2.84. The molecule has 5 heteroatoms. The van der Waals surface area contributed by atoms with Gasteiger partial charge in [-0.15, -0.1) is 11.3 Å². The highest BCUT2D eigenvalue weighted by atomic mass is 32.1. The zero-order chi connectivity index (χ0) is 14.8. The zero-order valence-corrected chi connectivity index (χ0v) is 13.1. The summed E-state index contributed by atoms with van der Waals surface area (Å²) in [5, 5.41) is 6.98. The van der Waals surface area contributed by atoms with E-state index in [1.54, 1.807) is 11.3 Å². The van der Waals surface area contributed by atoms with Gasteiger partial charge in [-0.05, 0) is 25.0 Å². The first-order valence-corrected chi connectivity index (χ1v) is 7.99. The van der Waals surface area contributed by atoms with E-state index in [1.165, 1.54) is 10.4 Å². The van der Waals surface area contributed by atoms with E-state index in [9.17, 15) is 4.79 Å². The minimum absolute atomic E-state index is 0.00255. The van der Waals surface area contributed by atoms with Gasteiger partial charge in [-0.2, -0.15) is 0 Å². The molecule has 21 heavy (non-hydrogen) atoms. The van der Waals surface area contributed by atoms with E-state index in [4.69, 9.17) is 0 Å². The molecule has 0 saturated carbocycles. The molecule has 0 unspecified atom stereocenters. The molecule has 0 spiro atoms. The molecule has 1 aromatic heterocycles. The van der Waals surface area contributed by atoms with Crippen LogP contribution in [0.2, 0.25) is 0 Å². The minimum atomic E-state index is 0.00255. The number of aryl methyl sites for hydroxylation is 2.